The molecule has 0 radical (unpaired) electrons. The third-order valence-corrected chi connectivity index (χ3v) is 4.90. The van der Waals surface area contributed by atoms with E-state index in [1.807, 2.05) is 36.4 Å². The highest BCUT2D eigenvalue weighted by atomic mass is 16.6. The van der Waals surface area contributed by atoms with Crippen LogP contribution in [-0.2, 0) is 6.54 Å². The van der Waals surface area contributed by atoms with Crippen molar-refractivity contribution in [2.75, 3.05) is 0 Å². The number of aryl methyl sites for hydroxylation is 1. The van der Waals surface area contributed by atoms with E-state index in [1.165, 1.54) is 5.56 Å². The fraction of sp³-hybridized carbons (Fsp3) is 0.136. The van der Waals surface area contributed by atoms with Crippen molar-refractivity contribution in [1.29, 1.82) is 0 Å². The van der Waals surface area contributed by atoms with E-state index < -0.39 is 4.92 Å². The van der Waals surface area contributed by atoms with Crippen LogP contribution in [0.5, 0.6) is 0 Å². The topological polar surface area (TPSA) is 74.1 Å². The molecule has 0 bridgehead atoms. The summed E-state index contributed by atoms with van der Waals surface area (Å²) in [7, 11) is 0. The Balaban J connectivity index is 1.80. The van der Waals surface area contributed by atoms with E-state index in [-0.39, 0.29) is 17.1 Å². The van der Waals surface area contributed by atoms with Crippen molar-refractivity contribution < 1.29 is 9.45 Å². The monoisotopic (exact) mass is 373 g/mol. The predicted octanol–water partition coefficient (Wildman–Crippen LogP) is 5.37. The Bertz CT molecular complexity index is 1190. The molecule has 4 aromatic rings. The highest BCUT2D eigenvalue weighted by molar-refractivity contribution is 5.94. The van der Waals surface area contributed by atoms with Crippen LogP contribution in [0.2, 0.25) is 0 Å². The summed E-state index contributed by atoms with van der Waals surface area (Å²) in [4.78, 5) is 10.8. The van der Waals surface area contributed by atoms with Crippen LogP contribution in [-0.4, -0.2) is 14.6 Å². The molecule has 0 aliphatic rings. The minimum absolute atomic E-state index is 0.0954. The largest absolute Gasteiger partial charge is 0.349 e. The van der Waals surface area contributed by atoms with Gasteiger partial charge in [-0.05, 0) is 37.6 Å². The molecule has 0 saturated carbocycles. The second-order valence-electron chi connectivity index (χ2n) is 6.66. The molecule has 0 aliphatic heterocycles. The standard InChI is InChI=1S/C22H19N3O3/c1-15-22(25(26)27)21(28-23-15)13-12-18-16(2)24(14-17-8-4-3-5-9-17)20-11-7-6-10-19(18)20/h3-13H,14H2,1-2H3/b13-12+. The van der Waals surface area contributed by atoms with Gasteiger partial charge in [0.25, 0.3) is 0 Å². The highest BCUT2D eigenvalue weighted by Crippen LogP contribution is 2.30. The van der Waals surface area contributed by atoms with Crippen LogP contribution in [0.15, 0.2) is 59.1 Å². The average Bonchev–Trinajstić information content (AvgIpc) is 3.19. The Morgan fingerprint density at radius 3 is 2.54 bits per heavy atom. The first-order valence-corrected chi connectivity index (χ1v) is 8.96. The quantitative estimate of drug-likeness (QED) is 0.348. The van der Waals surface area contributed by atoms with Gasteiger partial charge in [0.2, 0.25) is 5.76 Å². The molecule has 2 aromatic heterocycles. The Morgan fingerprint density at radius 1 is 1.07 bits per heavy atom. The molecular weight excluding hydrogens is 354 g/mol. The normalized spacial score (nSPS) is 11.5. The summed E-state index contributed by atoms with van der Waals surface area (Å²) in [6.45, 7) is 4.38. The van der Waals surface area contributed by atoms with Crippen molar-refractivity contribution >= 4 is 28.7 Å². The smallest absolute Gasteiger partial charge is 0.338 e. The van der Waals surface area contributed by atoms with Gasteiger partial charge in [0.1, 0.15) is 0 Å². The fourth-order valence-corrected chi connectivity index (χ4v) is 3.51. The Labute approximate surface area is 161 Å². The van der Waals surface area contributed by atoms with Crippen LogP contribution in [0.1, 0.15) is 28.3 Å². The molecule has 2 heterocycles. The second kappa shape index (κ2) is 7.15. The first-order chi connectivity index (χ1) is 13.6. The lowest BCUT2D eigenvalue weighted by molar-refractivity contribution is -0.386. The van der Waals surface area contributed by atoms with E-state index in [1.54, 1.807) is 13.0 Å². The maximum absolute atomic E-state index is 11.3. The van der Waals surface area contributed by atoms with Crippen LogP contribution in [0.3, 0.4) is 0 Å². The van der Waals surface area contributed by atoms with Crippen LogP contribution in [0.25, 0.3) is 23.1 Å². The molecule has 6 nitrogen and oxygen atoms in total. The van der Waals surface area contributed by atoms with Crippen LogP contribution >= 0.6 is 0 Å². The molecule has 0 fully saturated rings. The zero-order valence-corrected chi connectivity index (χ0v) is 15.6. The van der Waals surface area contributed by atoms with Gasteiger partial charge in [0.15, 0.2) is 5.69 Å². The molecule has 0 saturated heterocycles. The van der Waals surface area contributed by atoms with Gasteiger partial charge >= 0.3 is 5.69 Å². The zero-order chi connectivity index (χ0) is 19.7. The summed E-state index contributed by atoms with van der Waals surface area (Å²) < 4.78 is 7.40. The van der Waals surface area contributed by atoms with Gasteiger partial charge < -0.3 is 9.09 Å². The van der Waals surface area contributed by atoms with Gasteiger partial charge in [0, 0.05) is 28.7 Å². The van der Waals surface area contributed by atoms with Crippen molar-refractivity contribution in [3.8, 4) is 0 Å². The van der Waals surface area contributed by atoms with E-state index in [2.05, 4.69) is 40.9 Å². The number of nitrogens with zero attached hydrogens (tertiary/aromatic N) is 3. The first-order valence-electron chi connectivity index (χ1n) is 8.96. The SMILES string of the molecule is Cc1noc(/C=C/c2c(C)n(Cc3ccccc3)c3ccccc23)c1[N+](=O)[O-]. The second-order valence-corrected chi connectivity index (χ2v) is 6.66. The molecule has 4 rings (SSSR count). The number of rotatable bonds is 5. The number of hydrogen-bond acceptors (Lipinski definition) is 4. The molecule has 0 N–H and O–H groups in total. The number of benzene rings is 2. The molecule has 0 unspecified atom stereocenters. The molecule has 140 valence electrons. The summed E-state index contributed by atoms with van der Waals surface area (Å²) in [6, 6.07) is 18.4. The van der Waals surface area contributed by atoms with E-state index in [4.69, 9.17) is 4.52 Å². The predicted molar refractivity (Wildman–Crippen MR) is 109 cm³/mol. The molecule has 0 amide bonds. The number of hydrogen-bond donors (Lipinski definition) is 0. The lowest BCUT2D eigenvalue weighted by Gasteiger charge is -2.08. The maximum atomic E-state index is 11.3. The van der Waals surface area contributed by atoms with E-state index in [0.717, 1.165) is 28.7 Å². The molecule has 6 heteroatoms. The number of para-hydroxylation sites is 1. The van der Waals surface area contributed by atoms with Gasteiger partial charge in [-0.25, -0.2) is 0 Å². The Morgan fingerprint density at radius 2 is 1.79 bits per heavy atom. The maximum Gasteiger partial charge on any atom is 0.338 e. The lowest BCUT2D eigenvalue weighted by atomic mass is 10.1. The Hall–Kier alpha value is -3.67. The number of fused-ring (bicyclic) bond motifs is 1. The molecule has 0 aliphatic carbocycles. The summed E-state index contributed by atoms with van der Waals surface area (Å²) in [5.74, 6) is 0.154. The fourth-order valence-electron chi connectivity index (χ4n) is 3.51. The van der Waals surface area contributed by atoms with E-state index in [9.17, 15) is 10.1 Å². The van der Waals surface area contributed by atoms with Gasteiger partial charge in [-0.2, -0.15) is 0 Å². The summed E-state index contributed by atoms with van der Waals surface area (Å²) in [6.07, 6.45) is 3.49. The summed E-state index contributed by atoms with van der Waals surface area (Å²) in [5, 5.41) is 16.1. The molecule has 2 aromatic carbocycles. The van der Waals surface area contributed by atoms with Gasteiger partial charge in [-0.15, -0.1) is 0 Å². The van der Waals surface area contributed by atoms with Crippen LogP contribution in [0, 0.1) is 24.0 Å². The summed E-state index contributed by atoms with van der Waals surface area (Å²) in [5.41, 5.74) is 4.60. The highest BCUT2D eigenvalue weighted by Gasteiger charge is 2.22. The first kappa shape index (κ1) is 17.7. The molecule has 0 atom stereocenters. The summed E-state index contributed by atoms with van der Waals surface area (Å²) >= 11 is 0. The minimum atomic E-state index is -0.461. The van der Waals surface area contributed by atoms with Gasteiger partial charge in [-0.1, -0.05) is 53.7 Å². The van der Waals surface area contributed by atoms with Crippen molar-refractivity contribution in [2.24, 2.45) is 0 Å². The van der Waals surface area contributed by atoms with E-state index >= 15 is 0 Å². The average molecular weight is 373 g/mol. The Kier molecular flexibility index (Phi) is 4.53. The number of nitro groups is 1. The van der Waals surface area contributed by atoms with Crippen molar-refractivity contribution in [2.45, 2.75) is 20.4 Å². The third-order valence-electron chi connectivity index (χ3n) is 4.90. The zero-order valence-electron chi connectivity index (χ0n) is 15.6. The minimum Gasteiger partial charge on any atom is -0.349 e. The molecule has 0 spiro atoms. The third kappa shape index (κ3) is 3.09. The lowest BCUT2D eigenvalue weighted by Crippen LogP contribution is -2.01. The van der Waals surface area contributed by atoms with Crippen molar-refractivity contribution in [3.05, 3.63) is 93.0 Å². The van der Waals surface area contributed by atoms with Gasteiger partial charge in [-0.3, -0.25) is 10.1 Å². The van der Waals surface area contributed by atoms with Crippen molar-refractivity contribution in [3.63, 3.8) is 0 Å². The molecule has 28 heavy (non-hydrogen) atoms. The van der Waals surface area contributed by atoms with Crippen LogP contribution < -0.4 is 0 Å². The molecular formula is C22H19N3O3. The van der Waals surface area contributed by atoms with Crippen LogP contribution in [0.4, 0.5) is 5.69 Å². The van der Waals surface area contributed by atoms with Crippen molar-refractivity contribution in [1.82, 2.24) is 9.72 Å². The van der Waals surface area contributed by atoms with Gasteiger partial charge in [0.05, 0.1) is 4.92 Å². The number of aromatic nitrogens is 2. The van der Waals surface area contributed by atoms with E-state index in [0.29, 0.717) is 0 Å².